The first-order valence-corrected chi connectivity index (χ1v) is 12.5. The Kier molecular flexibility index (Phi) is 8.19. The molecule has 4 rings (SSSR count). The number of hydrogen-bond donors (Lipinski definition) is 1. The number of ether oxygens (including phenoxy) is 2. The fraction of sp³-hybridized carbons (Fsp3) is 0.455. The lowest BCUT2D eigenvalue weighted by Gasteiger charge is -2.28. The van der Waals surface area contributed by atoms with Crippen molar-refractivity contribution in [2.45, 2.75) is 57.9 Å². The number of carbonyl (C=O) groups is 1. The Morgan fingerprint density at radius 2 is 2.06 bits per heavy atom. The second-order valence-corrected chi connectivity index (χ2v) is 9.11. The molecule has 2 unspecified atom stereocenters. The van der Waals surface area contributed by atoms with E-state index in [-0.39, 0.29) is 18.9 Å². The molecule has 1 aliphatic carbocycles. The maximum atomic E-state index is 12.7. The van der Waals surface area contributed by atoms with Crippen LogP contribution >= 0.6 is 8.17 Å². The molecule has 2 aromatic heterocycles. The highest BCUT2D eigenvalue weighted by Crippen LogP contribution is 2.26. The van der Waals surface area contributed by atoms with Gasteiger partial charge in [0.25, 0.3) is 0 Å². The Morgan fingerprint density at radius 1 is 1.29 bits per heavy atom. The van der Waals surface area contributed by atoms with Crippen LogP contribution in [0.25, 0.3) is 11.2 Å². The highest BCUT2D eigenvalue weighted by Gasteiger charge is 2.30. The van der Waals surface area contributed by atoms with E-state index in [0.29, 0.717) is 29.3 Å². The number of nitrogens with two attached hydrogens (primary N) is 1. The van der Waals surface area contributed by atoms with Crippen molar-refractivity contribution in [1.82, 2.24) is 24.5 Å². The van der Waals surface area contributed by atoms with Crippen molar-refractivity contribution in [2.24, 2.45) is 4.85 Å². The van der Waals surface area contributed by atoms with E-state index in [9.17, 15) is 9.69 Å². The smallest absolute Gasteiger partial charge is 0.412 e. The summed E-state index contributed by atoms with van der Waals surface area (Å²) in [6, 6.07) is 7.87. The lowest BCUT2D eigenvalue weighted by Crippen LogP contribution is -2.41. The van der Waals surface area contributed by atoms with Crippen molar-refractivity contribution >= 4 is 31.1 Å². The van der Waals surface area contributed by atoms with Gasteiger partial charge in [0.1, 0.15) is 30.7 Å². The van der Waals surface area contributed by atoms with Gasteiger partial charge >= 0.3 is 14.1 Å². The highest BCUT2D eigenvalue weighted by atomic mass is 31.1. The van der Waals surface area contributed by atoms with Crippen LogP contribution in [0.2, 0.25) is 0 Å². The van der Waals surface area contributed by atoms with Gasteiger partial charge in [-0.05, 0) is 45.2 Å². The molecular weight excluding hydrogens is 473 g/mol. The highest BCUT2D eigenvalue weighted by molar-refractivity contribution is 7.33. The number of anilines is 1. The molecule has 1 aliphatic rings. The van der Waals surface area contributed by atoms with Gasteiger partial charge < -0.3 is 24.7 Å². The molecule has 0 spiro atoms. The molecule has 2 N–H and O–H groups in total. The molecule has 186 valence electrons. The molecule has 1 saturated carbocycles. The molecule has 0 aliphatic heterocycles. The molecule has 0 radical (unpaired) electrons. The summed E-state index contributed by atoms with van der Waals surface area (Å²) in [5.74, 6) is 0.253. The monoisotopic (exact) mass is 501 g/mol. The van der Waals surface area contributed by atoms with Crippen LogP contribution in [-0.2, 0) is 20.8 Å². The standard InChI is InChI=1S/C22H28N7O5P/c1-15(11-28-13-26-19-20(23)24-12-25-21(19)28)32-14-29(16(2)22(30)33-17-9-6-10-17)27-35(31)34-18-7-4-3-5-8-18/h3-5,7-8,12-13,15-17H,6,9-11,14H2,1-2H3,(H2,23,24,25)/t15-,16?/m1/s1. The maximum Gasteiger partial charge on any atom is 0.412 e. The zero-order valence-electron chi connectivity index (χ0n) is 19.6. The molecule has 35 heavy (non-hydrogen) atoms. The topological polar surface area (TPSA) is 153 Å². The number of aromatic nitrogens is 4. The van der Waals surface area contributed by atoms with Crippen LogP contribution in [-0.4, -0.2) is 55.5 Å². The van der Waals surface area contributed by atoms with Gasteiger partial charge in [-0.2, -0.15) is 0 Å². The van der Waals surface area contributed by atoms with Gasteiger partial charge in [0.05, 0.1) is 19.0 Å². The first kappa shape index (κ1) is 24.9. The van der Waals surface area contributed by atoms with Gasteiger partial charge in [-0.15, -0.1) is 5.01 Å². The molecule has 3 aromatic rings. The molecule has 12 nitrogen and oxygen atoms in total. The Morgan fingerprint density at radius 3 is 2.77 bits per heavy atom. The fourth-order valence-corrected chi connectivity index (χ4v) is 4.07. The predicted octanol–water partition coefficient (Wildman–Crippen LogP) is 2.41. The number of hydrogen-bond acceptors (Lipinski definition) is 10. The first-order valence-electron chi connectivity index (χ1n) is 11.3. The number of rotatable bonds is 11. The van der Waals surface area contributed by atoms with Crippen molar-refractivity contribution in [3.8, 4) is 5.75 Å². The van der Waals surface area contributed by atoms with Gasteiger partial charge in [-0.25, -0.2) is 15.0 Å². The summed E-state index contributed by atoms with van der Waals surface area (Å²) in [5, 5.41) is 1.30. The van der Waals surface area contributed by atoms with Crippen molar-refractivity contribution in [3.05, 3.63) is 43.0 Å². The maximum absolute atomic E-state index is 12.7. The van der Waals surface area contributed by atoms with E-state index in [4.69, 9.17) is 19.7 Å². The number of nitrogen functional groups attached to an aromatic ring is 1. The second-order valence-electron chi connectivity index (χ2n) is 8.27. The van der Waals surface area contributed by atoms with Crippen LogP contribution < -0.4 is 15.2 Å². The zero-order valence-corrected chi connectivity index (χ0v) is 20.5. The Hall–Kier alpha value is -3.18. The van der Waals surface area contributed by atoms with Crippen LogP contribution in [0, 0.1) is 0 Å². The summed E-state index contributed by atoms with van der Waals surface area (Å²) in [5.41, 5.74) is 6.95. The van der Waals surface area contributed by atoms with E-state index in [2.05, 4.69) is 19.8 Å². The van der Waals surface area contributed by atoms with Gasteiger partial charge in [0, 0.05) is 4.85 Å². The summed E-state index contributed by atoms with van der Waals surface area (Å²) in [4.78, 5) is 41.8. The molecule has 0 amide bonds. The molecular formula is C22H28N7O5P. The number of para-hydroxylation sites is 1. The Bertz CT molecular complexity index is 1170. The van der Waals surface area contributed by atoms with Gasteiger partial charge in [-0.3, -0.25) is 9.32 Å². The minimum Gasteiger partial charge on any atom is -0.574 e. The average Bonchev–Trinajstić information content (AvgIpc) is 3.23. The van der Waals surface area contributed by atoms with Crippen LogP contribution in [0.4, 0.5) is 5.82 Å². The number of nitrogens with zero attached hydrogens (tertiary/aromatic N) is 6. The third kappa shape index (κ3) is 6.49. The molecule has 0 saturated heterocycles. The van der Waals surface area contributed by atoms with Crippen molar-refractivity contribution in [1.29, 1.82) is 0 Å². The number of benzene rings is 1. The number of carbonyl (C=O) groups excluding carboxylic acids is 1. The van der Waals surface area contributed by atoms with E-state index in [1.165, 1.54) is 11.3 Å². The predicted molar refractivity (Wildman–Crippen MR) is 127 cm³/mol. The number of imidazole rings is 1. The largest absolute Gasteiger partial charge is 0.574 e. The number of esters is 1. The van der Waals surface area contributed by atoms with Gasteiger partial charge in [0.15, 0.2) is 17.2 Å². The van der Waals surface area contributed by atoms with E-state index < -0.39 is 20.2 Å². The Balaban J connectivity index is 1.42. The summed E-state index contributed by atoms with van der Waals surface area (Å²) in [6.07, 6.45) is 5.32. The van der Waals surface area contributed by atoms with E-state index in [0.717, 1.165) is 19.3 Å². The van der Waals surface area contributed by atoms with E-state index in [1.807, 2.05) is 13.0 Å². The SMILES string of the molecule is CC(C(=O)OC1CCC1)N(CO[C@H](C)Cn1cnc2c(N)ncnc21)/N=[P+](\[O-])Oc1ccccc1. The molecule has 3 atom stereocenters. The van der Waals surface area contributed by atoms with Crippen LogP contribution in [0.3, 0.4) is 0 Å². The molecule has 13 heteroatoms. The first-order chi connectivity index (χ1) is 16.9. The third-order valence-corrected chi connectivity index (χ3v) is 6.36. The minimum absolute atomic E-state index is 0.0788. The molecule has 0 bridgehead atoms. The van der Waals surface area contributed by atoms with Crippen molar-refractivity contribution in [2.75, 3.05) is 12.5 Å². The summed E-state index contributed by atoms with van der Waals surface area (Å²) < 4.78 is 18.6. The zero-order chi connectivity index (χ0) is 24.8. The third-order valence-electron chi connectivity index (χ3n) is 5.61. The summed E-state index contributed by atoms with van der Waals surface area (Å²) in [7, 11) is -2.49. The molecule has 2 heterocycles. The Labute approximate surface area is 203 Å². The van der Waals surface area contributed by atoms with Crippen LogP contribution in [0.1, 0.15) is 33.1 Å². The summed E-state index contributed by atoms with van der Waals surface area (Å²) >= 11 is 0. The summed E-state index contributed by atoms with van der Waals surface area (Å²) in [6.45, 7) is 3.79. The van der Waals surface area contributed by atoms with Crippen LogP contribution in [0.15, 0.2) is 47.8 Å². The minimum atomic E-state index is -2.49. The van der Waals surface area contributed by atoms with Crippen molar-refractivity contribution < 1.29 is 23.7 Å². The quantitative estimate of drug-likeness (QED) is 0.179. The lowest BCUT2D eigenvalue weighted by molar-refractivity contribution is -0.173. The van der Waals surface area contributed by atoms with E-state index in [1.54, 1.807) is 42.1 Å². The fourth-order valence-electron chi connectivity index (χ4n) is 3.34. The normalized spacial score (nSPS) is 16.2. The van der Waals surface area contributed by atoms with Crippen molar-refractivity contribution in [3.63, 3.8) is 0 Å². The van der Waals surface area contributed by atoms with Crippen LogP contribution in [0.5, 0.6) is 5.75 Å². The molecule has 1 fully saturated rings. The van der Waals surface area contributed by atoms with Gasteiger partial charge in [0.2, 0.25) is 0 Å². The average molecular weight is 501 g/mol. The lowest BCUT2D eigenvalue weighted by atomic mass is 9.96. The number of fused-ring (bicyclic) bond motifs is 1. The van der Waals surface area contributed by atoms with Gasteiger partial charge in [-0.1, -0.05) is 18.2 Å². The molecule has 1 aromatic carbocycles. The van der Waals surface area contributed by atoms with E-state index >= 15 is 0 Å². The second kappa shape index (κ2) is 11.5.